The molecule has 0 rings (SSSR count). The van der Waals surface area contributed by atoms with Crippen molar-refractivity contribution in [2.45, 2.75) is 173 Å². The lowest BCUT2D eigenvalue weighted by Gasteiger charge is -2.23. The second kappa shape index (κ2) is 28.9. The molecule has 0 saturated carbocycles. The normalized spacial score (nSPS) is 13.7. The lowest BCUT2D eigenvalue weighted by molar-refractivity contribution is -0.133. The average Bonchev–Trinajstić information content (AvgIpc) is 3.02. The summed E-state index contributed by atoms with van der Waals surface area (Å²) in [4.78, 5) is 62.2. The molecule has 0 aliphatic carbocycles. The fourth-order valence-corrected chi connectivity index (χ4v) is 5.11. The monoisotopic (exact) mass is 639 g/mol. The Kier molecular flexibility index (Phi) is 27.3. The zero-order chi connectivity index (χ0) is 33.7. The van der Waals surface area contributed by atoms with Gasteiger partial charge < -0.3 is 37.5 Å². The largest absolute Gasteiger partial charge is 0.345 e. The van der Waals surface area contributed by atoms with Crippen LogP contribution in [0.4, 0.5) is 0 Å². The number of nitrogens with two attached hydrogens (primary N) is 2. The van der Waals surface area contributed by atoms with Crippen molar-refractivity contribution in [2.24, 2.45) is 11.5 Å². The SMILES string of the molecule is CCCCCCCCCCCCCCCC(=O)N[C@@H](CCCCN)C(=O)N[C@@H](C)C(=O)N[C@@H](C)C(=O)N[C@H](C=O)CCCCN. The van der Waals surface area contributed by atoms with Gasteiger partial charge in [-0.1, -0.05) is 84.0 Å². The summed E-state index contributed by atoms with van der Waals surface area (Å²) in [6, 6.07) is -3.27. The summed E-state index contributed by atoms with van der Waals surface area (Å²) in [5, 5.41) is 10.7. The standard InChI is InChI=1S/C34H66N6O5/c1-4-5-6-7-8-9-10-11-12-13-14-15-16-23-31(42)40-30(22-18-20-25-36)34(45)38-27(2)32(43)37-28(3)33(44)39-29(26-41)21-17-19-24-35/h26-30H,4-25,35-36H2,1-3H3,(H,37,43)(H,38,45)(H,39,44)(H,40,42)/t27-,28-,29-,30-/m0/s1. The maximum absolute atomic E-state index is 13.0. The van der Waals surface area contributed by atoms with Crippen molar-refractivity contribution in [3.8, 4) is 0 Å². The molecule has 0 fully saturated rings. The average molecular weight is 639 g/mol. The molecule has 8 N–H and O–H groups in total. The third kappa shape index (κ3) is 23.5. The van der Waals surface area contributed by atoms with E-state index in [4.69, 9.17) is 11.5 Å². The van der Waals surface area contributed by atoms with Crippen molar-refractivity contribution >= 4 is 29.9 Å². The van der Waals surface area contributed by atoms with Gasteiger partial charge in [-0.2, -0.15) is 0 Å². The summed E-state index contributed by atoms with van der Waals surface area (Å²) in [6.07, 6.45) is 20.7. The van der Waals surface area contributed by atoms with Crippen LogP contribution in [0.5, 0.6) is 0 Å². The van der Waals surface area contributed by atoms with E-state index in [0.29, 0.717) is 51.5 Å². The first kappa shape index (κ1) is 42.5. The quantitative estimate of drug-likeness (QED) is 0.0509. The van der Waals surface area contributed by atoms with E-state index in [1.807, 2.05) is 0 Å². The van der Waals surface area contributed by atoms with E-state index in [-0.39, 0.29) is 5.91 Å². The summed E-state index contributed by atoms with van der Waals surface area (Å²) < 4.78 is 0. The van der Waals surface area contributed by atoms with Crippen LogP contribution in [-0.4, -0.2) is 67.2 Å². The van der Waals surface area contributed by atoms with Gasteiger partial charge in [0.15, 0.2) is 0 Å². The Balaban J connectivity index is 4.51. The van der Waals surface area contributed by atoms with E-state index in [9.17, 15) is 24.0 Å². The van der Waals surface area contributed by atoms with Gasteiger partial charge in [-0.15, -0.1) is 0 Å². The number of rotatable bonds is 30. The van der Waals surface area contributed by atoms with Crippen molar-refractivity contribution in [1.82, 2.24) is 21.3 Å². The predicted molar refractivity (Wildman–Crippen MR) is 181 cm³/mol. The zero-order valence-electron chi connectivity index (χ0n) is 28.6. The number of amides is 4. The van der Waals surface area contributed by atoms with Crippen molar-refractivity contribution in [3.63, 3.8) is 0 Å². The summed E-state index contributed by atoms with van der Waals surface area (Å²) in [5.74, 6) is -1.67. The molecule has 262 valence electrons. The minimum absolute atomic E-state index is 0.176. The highest BCUT2D eigenvalue weighted by atomic mass is 16.2. The maximum Gasteiger partial charge on any atom is 0.243 e. The Morgan fingerprint density at radius 1 is 0.556 bits per heavy atom. The molecule has 0 aliphatic rings. The Morgan fingerprint density at radius 3 is 1.49 bits per heavy atom. The highest BCUT2D eigenvalue weighted by molar-refractivity contribution is 5.94. The van der Waals surface area contributed by atoms with Crippen molar-refractivity contribution in [1.29, 1.82) is 0 Å². The van der Waals surface area contributed by atoms with E-state index < -0.39 is 41.9 Å². The van der Waals surface area contributed by atoms with Crippen LogP contribution in [0, 0.1) is 0 Å². The summed E-state index contributed by atoms with van der Waals surface area (Å²) in [7, 11) is 0. The van der Waals surface area contributed by atoms with Gasteiger partial charge in [0.05, 0.1) is 6.04 Å². The molecule has 0 radical (unpaired) electrons. The predicted octanol–water partition coefficient (Wildman–Crippen LogP) is 3.90. The third-order valence-electron chi connectivity index (χ3n) is 8.07. The highest BCUT2D eigenvalue weighted by Crippen LogP contribution is 2.13. The molecular formula is C34H66N6O5. The van der Waals surface area contributed by atoms with Gasteiger partial charge in [-0.05, 0) is 71.9 Å². The van der Waals surface area contributed by atoms with Gasteiger partial charge in [0.2, 0.25) is 23.6 Å². The first-order chi connectivity index (χ1) is 21.7. The Bertz CT molecular complexity index is 812. The number of nitrogens with one attached hydrogen (secondary N) is 4. The molecule has 0 aromatic rings. The zero-order valence-corrected chi connectivity index (χ0v) is 28.6. The summed E-state index contributed by atoms with van der Waals surface area (Å²) >= 11 is 0. The number of carbonyl (C=O) groups is 5. The second-order valence-corrected chi connectivity index (χ2v) is 12.4. The molecule has 45 heavy (non-hydrogen) atoms. The highest BCUT2D eigenvalue weighted by Gasteiger charge is 2.26. The molecule has 0 unspecified atom stereocenters. The molecule has 4 atom stereocenters. The van der Waals surface area contributed by atoms with Crippen molar-refractivity contribution in [2.75, 3.05) is 13.1 Å². The van der Waals surface area contributed by atoms with Gasteiger partial charge in [0.25, 0.3) is 0 Å². The fraction of sp³-hybridized carbons (Fsp3) is 0.853. The number of hydrogen-bond donors (Lipinski definition) is 6. The molecule has 0 heterocycles. The van der Waals surface area contributed by atoms with Crippen LogP contribution in [0.25, 0.3) is 0 Å². The van der Waals surface area contributed by atoms with Gasteiger partial charge in [0.1, 0.15) is 24.4 Å². The first-order valence-corrected chi connectivity index (χ1v) is 17.8. The van der Waals surface area contributed by atoms with Crippen LogP contribution < -0.4 is 32.7 Å². The summed E-state index contributed by atoms with van der Waals surface area (Å²) in [5.41, 5.74) is 11.1. The molecule has 0 bridgehead atoms. The third-order valence-corrected chi connectivity index (χ3v) is 8.07. The van der Waals surface area contributed by atoms with Gasteiger partial charge in [-0.25, -0.2) is 0 Å². The van der Waals surface area contributed by atoms with Crippen LogP contribution in [0.3, 0.4) is 0 Å². The van der Waals surface area contributed by atoms with Crippen LogP contribution in [-0.2, 0) is 24.0 Å². The fourth-order valence-electron chi connectivity index (χ4n) is 5.11. The first-order valence-electron chi connectivity index (χ1n) is 17.8. The molecule has 0 saturated heterocycles. The number of carbonyl (C=O) groups excluding carboxylic acids is 5. The Hall–Kier alpha value is -2.53. The van der Waals surface area contributed by atoms with E-state index in [1.165, 1.54) is 78.1 Å². The minimum atomic E-state index is -0.936. The van der Waals surface area contributed by atoms with Crippen LogP contribution in [0.2, 0.25) is 0 Å². The van der Waals surface area contributed by atoms with Crippen molar-refractivity contribution in [3.05, 3.63) is 0 Å². The van der Waals surface area contributed by atoms with Gasteiger partial charge in [-0.3, -0.25) is 19.2 Å². The summed E-state index contributed by atoms with van der Waals surface area (Å²) in [6.45, 7) is 6.26. The molecule has 0 aromatic heterocycles. The number of aldehydes is 1. The van der Waals surface area contributed by atoms with Crippen LogP contribution >= 0.6 is 0 Å². The lowest BCUT2D eigenvalue weighted by atomic mass is 10.0. The minimum Gasteiger partial charge on any atom is -0.345 e. The van der Waals surface area contributed by atoms with Gasteiger partial charge >= 0.3 is 0 Å². The van der Waals surface area contributed by atoms with Crippen LogP contribution in [0.1, 0.15) is 149 Å². The van der Waals surface area contributed by atoms with Crippen LogP contribution in [0.15, 0.2) is 0 Å². The number of unbranched alkanes of at least 4 members (excludes halogenated alkanes) is 14. The second-order valence-electron chi connectivity index (χ2n) is 12.4. The van der Waals surface area contributed by atoms with Gasteiger partial charge in [0, 0.05) is 6.42 Å². The maximum atomic E-state index is 13.0. The molecule has 11 heteroatoms. The van der Waals surface area contributed by atoms with E-state index in [2.05, 4.69) is 28.2 Å². The van der Waals surface area contributed by atoms with E-state index in [0.717, 1.165) is 32.1 Å². The molecule has 0 aliphatic heterocycles. The lowest BCUT2D eigenvalue weighted by Crippen LogP contribution is -2.55. The van der Waals surface area contributed by atoms with E-state index in [1.54, 1.807) is 0 Å². The molecule has 11 nitrogen and oxygen atoms in total. The molecular weight excluding hydrogens is 572 g/mol. The Morgan fingerprint density at radius 2 is 1.00 bits per heavy atom. The smallest absolute Gasteiger partial charge is 0.243 e. The Labute approximate surface area is 272 Å². The topological polar surface area (TPSA) is 186 Å². The van der Waals surface area contributed by atoms with Crippen molar-refractivity contribution < 1.29 is 24.0 Å². The molecule has 4 amide bonds. The molecule has 0 spiro atoms. The number of hydrogen-bond acceptors (Lipinski definition) is 7. The molecule has 0 aromatic carbocycles. The van der Waals surface area contributed by atoms with E-state index >= 15 is 0 Å².